The van der Waals surface area contributed by atoms with E-state index in [2.05, 4.69) is 24.5 Å². The molecule has 3 N–H and O–H groups in total. The van der Waals surface area contributed by atoms with Gasteiger partial charge in [-0.15, -0.1) is 0 Å². The molecule has 3 aromatic rings. The summed E-state index contributed by atoms with van der Waals surface area (Å²) in [4.78, 5) is 26.3. The summed E-state index contributed by atoms with van der Waals surface area (Å²) in [6, 6.07) is 23.3. The van der Waals surface area contributed by atoms with Crippen LogP contribution in [0.1, 0.15) is 42.6 Å². The molecule has 0 radical (unpaired) electrons. The molecule has 1 fully saturated rings. The van der Waals surface area contributed by atoms with Crippen molar-refractivity contribution in [2.24, 2.45) is 0 Å². The molecule has 1 atom stereocenters. The smallest absolute Gasteiger partial charge is 0.412 e. The molecule has 35 heavy (non-hydrogen) atoms. The highest BCUT2D eigenvalue weighted by molar-refractivity contribution is 6.07. The summed E-state index contributed by atoms with van der Waals surface area (Å²) in [5.41, 5.74) is 2.19. The Labute approximate surface area is 205 Å². The third-order valence-electron chi connectivity index (χ3n) is 6.08. The molecule has 0 bridgehead atoms. The Morgan fingerprint density at radius 2 is 1.71 bits per heavy atom. The summed E-state index contributed by atoms with van der Waals surface area (Å²) < 4.78 is 6.13. The number of hydrogen-bond donors (Lipinski definition) is 3. The lowest BCUT2D eigenvalue weighted by molar-refractivity contribution is 0.102. The molecule has 1 unspecified atom stereocenters. The Bertz CT molecular complexity index is 1160. The Balaban J connectivity index is 1.46. The van der Waals surface area contributed by atoms with Crippen LogP contribution in [0.15, 0.2) is 78.9 Å². The molecule has 7 nitrogen and oxygen atoms in total. The van der Waals surface area contributed by atoms with E-state index in [1.54, 1.807) is 48.5 Å². The van der Waals surface area contributed by atoms with Crippen molar-refractivity contribution in [3.63, 3.8) is 0 Å². The largest absolute Gasteiger partial charge is 0.490 e. The van der Waals surface area contributed by atoms with Crippen LogP contribution in [0, 0.1) is 0 Å². The molecule has 1 saturated heterocycles. The van der Waals surface area contributed by atoms with E-state index >= 15 is 0 Å². The van der Waals surface area contributed by atoms with Gasteiger partial charge in [-0.2, -0.15) is 0 Å². The van der Waals surface area contributed by atoms with E-state index in [-0.39, 0.29) is 24.1 Å². The lowest BCUT2D eigenvalue weighted by Crippen LogP contribution is -2.49. The first-order valence-electron chi connectivity index (χ1n) is 11.8. The van der Waals surface area contributed by atoms with Crippen LogP contribution in [0.25, 0.3) is 0 Å². The molecule has 0 aliphatic carbocycles. The van der Waals surface area contributed by atoms with Crippen molar-refractivity contribution < 1.29 is 19.4 Å². The lowest BCUT2D eigenvalue weighted by atomic mass is 9.91. The molecule has 7 heteroatoms. The predicted octanol–water partition coefficient (Wildman–Crippen LogP) is 5.53. The molecule has 1 heterocycles. The van der Waals surface area contributed by atoms with Gasteiger partial charge in [-0.25, -0.2) is 4.79 Å². The summed E-state index contributed by atoms with van der Waals surface area (Å²) in [6.07, 6.45) is 0.878. The molecule has 1 aliphatic rings. The van der Waals surface area contributed by atoms with Crippen molar-refractivity contribution >= 4 is 23.4 Å². The van der Waals surface area contributed by atoms with E-state index in [9.17, 15) is 14.7 Å². The standard InChI is InChI=1S/C28H31N3O4/c1-28(2)18-23(16-17-29-28)35-22-14-12-21(13-15-22)26(32)30-24-10-6-7-11-25(24)31(27(33)34)19-20-8-4-3-5-9-20/h3-15,23,29H,16-19H2,1-2H3,(H,30,32)(H,33,34). The Kier molecular flexibility index (Phi) is 7.36. The summed E-state index contributed by atoms with van der Waals surface area (Å²) >= 11 is 0. The Morgan fingerprint density at radius 3 is 2.40 bits per heavy atom. The number of ether oxygens (including phenoxy) is 1. The second kappa shape index (κ2) is 10.6. The molecule has 1 aliphatic heterocycles. The number of para-hydroxylation sites is 2. The van der Waals surface area contributed by atoms with Gasteiger partial charge in [0.25, 0.3) is 5.91 Å². The highest BCUT2D eigenvalue weighted by Gasteiger charge is 2.28. The number of nitrogens with one attached hydrogen (secondary N) is 2. The molecule has 0 spiro atoms. The maximum atomic E-state index is 13.0. The summed E-state index contributed by atoms with van der Waals surface area (Å²) in [7, 11) is 0. The average molecular weight is 474 g/mol. The Morgan fingerprint density at radius 1 is 1.03 bits per heavy atom. The summed E-state index contributed by atoms with van der Waals surface area (Å²) in [6.45, 7) is 5.41. The number of benzene rings is 3. The molecular formula is C28H31N3O4. The molecule has 0 saturated carbocycles. The number of carbonyl (C=O) groups is 2. The van der Waals surface area contributed by atoms with Crippen LogP contribution in [0.4, 0.5) is 16.2 Å². The fraction of sp³-hybridized carbons (Fsp3) is 0.286. The minimum Gasteiger partial charge on any atom is -0.490 e. The second-order valence-corrected chi connectivity index (χ2v) is 9.39. The van der Waals surface area contributed by atoms with Gasteiger partial charge in [-0.1, -0.05) is 42.5 Å². The number of nitrogens with zero attached hydrogens (tertiary/aromatic N) is 1. The number of hydrogen-bond acceptors (Lipinski definition) is 4. The van der Waals surface area contributed by atoms with Crippen molar-refractivity contribution in [2.75, 3.05) is 16.8 Å². The highest BCUT2D eigenvalue weighted by Crippen LogP contribution is 2.28. The van der Waals surface area contributed by atoms with Gasteiger partial charge in [0, 0.05) is 17.5 Å². The van der Waals surface area contributed by atoms with Crippen LogP contribution >= 0.6 is 0 Å². The van der Waals surface area contributed by atoms with Gasteiger partial charge in [0.2, 0.25) is 0 Å². The van der Waals surface area contributed by atoms with Gasteiger partial charge >= 0.3 is 6.09 Å². The topological polar surface area (TPSA) is 90.9 Å². The minimum absolute atomic E-state index is 0.0421. The summed E-state index contributed by atoms with van der Waals surface area (Å²) in [5.74, 6) is 0.404. The van der Waals surface area contributed by atoms with Gasteiger partial charge < -0.3 is 20.5 Å². The van der Waals surface area contributed by atoms with Crippen LogP contribution in [0.3, 0.4) is 0 Å². The lowest BCUT2D eigenvalue weighted by Gasteiger charge is -2.36. The van der Waals surface area contributed by atoms with Crippen molar-refractivity contribution in [1.29, 1.82) is 0 Å². The molecule has 2 amide bonds. The molecule has 182 valence electrons. The van der Waals surface area contributed by atoms with Gasteiger partial charge in [-0.05, 0) is 68.8 Å². The van der Waals surface area contributed by atoms with E-state index in [4.69, 9.17) is 4.74 Å². The van der Waals surface area contributed by atoms with Crippen LogP contribution in [-0.2, 0) is 6.54 Å². The quantitative estimate of drug-likeness (QED) is 0.420. The number of rotatable bonds is 7. The number of amides is 2. The third kappa shape index (κ3) is 6.39. The number of anilines is 2. The van der Waals surface area contributed by atoms with E-state index in [1.807, 2.05) is 30.3 Å². The van der Waals surface area contributed by atoms with Crippen molar-refractivity contribution in [1.82, 2.24) is 5.32 Å². The first-order chi connectivity index (χ1) is 16.8. The molecule has 3 aromatic carbocycles. The van der Waals surface area contributed by atoms with E-state index in [0.717, 1.165) is 30.7 Å². The normalized spacial score (nSPS) is 16.8. The molecule has 0 aromatic heterocycles. The minimum atomic E-state index is -1.10. The maximum absolute atomic E-state index is 13.0. The van der Waals surface area contributed by atoms with E-state index in [1.165, 1.54) is 4.90 Å². The number of carbonyl (C=O) groups excluding carboxylic acids is 1. The maximum Gasteiger partial charge on any atom is 0.412 e. The third-order valence-corrected chi connectivity index (χ3v) is 6.08. The van der Waals surface area contributed by atoms with Crippen LogP contribution in [0.5, 0.6) is 5.75 Å². The first kappa shape index (κ1) is 24.3. The number of piperidine rings is 1. The zero-order chi connectivity index (χ0) is 24.8. The van der Waals surface area contributed by atoms with Crippen molar-refractivity contribution in [2.45, 2.75) is 44.9 Å². The van der Waals surface area contributed by atoms with Crippen LogP contribution in [0.2, 0.25) is 0 Å². The van der Waals surface area contributed by atoms with E-state index < -0.39 is 6.09 Å². The second-order valence-electron chi connectivity index (χ2n) is 9.39. The number of carboxylic acid groups (broad SMARTS) is 1. The van der Waals surface area contributed by atoms with Crippen molar-refractivity contribution in [3.05, 3.63) is 90.0 Å². The van der Waals surface area contributed by atoms with Crippen LogP contribution < -0.4 is 20.3 Å². The highest BCUT2D eigenvalue weighted by atomic mass is 16.5. The van der Waals surface area contributed by atoms with Gasteiger partial charge in [0.1, 0.15) is 11.9 Å². The fourth-order valence-corrected chi connectivity index (χ4v) is 4.32. The fourth-order valence-electron chi connectivity index (χ4n) is 4.32. The first-order valence-corrected chi connectivity index (χ1v) is 11.8. The van der Waals surface area contributed by atoms with Crippen molar-refractivity contribution in [3.8, 4) is 5.75 Å². The molecule has 4 rings (SSSR count). The zero-order valence-corrected chi connectivity index (χ0v) is 20.0. The Hall–Kier alpha value is -3.84. The van der Waals surface area contributed by atoms with Gasteiger partial charge in [0.05, 0.1) is 17.9 Å². The monoisotopic (exact) mass is 473 g/mol. The van der Waals surface area contributed by atoms with Gasteiger partial charge in [0.15, 0.2) is 0 Å². The van der Waals surface area contributed by atoms with E-state index in [0.29, 0.717) is 16.9 Å². The average Bonchev–Trinajstić information content (AvgIpc) is 2.83. The van der Waals surface area contributed by atoms with Crippen LogP contribution in [-0.4, -0.2) is 35.3 Å². The SMILES string of the molecule is CC1(C)CC(Oc2ccc(C(=O)Nc3ccccc3N(Cc3ccccc3)C(=O)O)cc2)CCN1. The predicted molar refractivity (Wildman–Crippen MR) is 137 cm³/mol. The van der Waals surface area contributed by atoms with Gasteiger partial charge in [-0.3, -0.25) is 9.69 Å². The molecular weight excluding hydrogens is 442 g/mol. The zero-order valence-electron chi connectivity index (χ0n) is 20.0. The summed E-state index contributed by atoms with van der Waals surface area (Å²) in [5, 5.41) is 16.2.